The summed E-state index contributed by atoms with van der Waals surface area (Å²) in [5.41, 5.74) is -1.81. The number of aromatic nitrogens is 1. The summed E-state index contributed by atoms with van der Waals surface area (Å²) < 4.78 is 6.88. The summed E-state index contributed by atoms with van der Waals surface area (Å²) in [6, 6.07) is 5.56. The number of ether oxygens (including phenoxy) is 1. The minimum absolute atomic E-state index is 0.314. The fourth-order valence-electron chi connectivity index (χ4n) is 2.04. The molecule has 1 aromatic rings. The van der Waals surface area contributed by atoms with Gasteiger partial charge in [-0.1, -0.05) is 6.07 Å². The Morgan fingerprint density at radius 3 is 2.24 bits per heavy atom. The maximum absolute atomic E-state index is 11.0. The Labute approximate surface area is 102 Å². The highest BCUT2D eigenvalue weighted by molar-refractivity contribution is 5.66. The van der Waals surface area contributed by atoms with E-state index in [-0.39, 0.29) is 5.97 Å². The lowest BCUT2D eigenvalue weighted by atomic mass is 9.96. The van der Waals surface area contributed by atoms with Crippen molar-refractivity contribution in [2.75, 3.05) is 0 Å². The van der Waals surface area contributed by atoms with E-state index in [0.29, 0.717) is 6.42 Å². The molecule has 1 N–H and O–H groups in total. The standard InChI is InChI=1S/C13H20NO3/c1-11(15)17-12(2,3)10-13(4,16)14-8-6-5-7-9-14/h5-9,16H,10H2,1-4H3/q+1. The molecule has 0 aliphatic carbocycles. The van der Waals surface area contributed by atoms with Crippen LogP contribution in [0.1, 0.15) is 34.1 Å². The number of nitrogens with zero attached hydrogens (tertiary/aromatic N) is 1. The van der Waals surface area contributed by atoms with Gasteiger partial charge in [0.25, 0.3) is 5.72 Å². The predicted molar refractivity (Wildman–Crippen MR) is 63.0 cm³/mol. The third kappa shape index (κ3) is 4.15. The molecular weight excluding hydrogens is 218 g/mol. The van der Waals surface area contributed by atoms with Gasteiger partial charge in [0.15, 0.2) is 12.4 Å². The molecule has 1 rings (SSSR count). The summed E-state index contributed by atoms with van der Waals surface area (Å²) >= 11 is 0. The topological polar surface area (TPSA) is 50.4 Å². The van der Waals surface area contributed by atoms with Gasteiger partial charge in [-0.3, -0.25) is 4.79 Å². The Kier molecular flexibility index (Phi) is 3.88. The number of aliphatic hydroxyl groups is 1. The molecule has 4 nitrogen and oxygen atoms in total. The zero-order chi connectivity index (χ0) is 13.1. The first kappa shape index (κ1) is 13.6. The van der Waals surface area contributed by atoms with Crippen molar-refractivity contribution >= 4 is 5.97 Å². The molecule has 1 heterocycles. The van der Waals surface area contributed by atoms with Crippen LogP contribution in [0.4, 0.5) is 0 Å². The molecule has 94 valence electrons. The molecule has 0 bridgehead atoms. The summed E-state index contributed by atoms with van der Waals surface area (Å²) in [6.07, 6.45) is 3.88. The number of rotatable bonds is 4. The van der Waals surface area contributed by atoms with Gasteiger partial charge in [-0.05, 0) is 13.8 Å². The predicted octanol–water partition coefficient (Wildman–Crippen LogP) is 1.37. The fraction of sp³-hybridized carbons (Fsp3) is 0.538. The number of carbonyl (C=O) groups is 1. The van der Waals surface area contributed by atoms with E-state index in [4.69, 9.17) is 4.74 Å². The average Bonchev–Trinajstić information content (AvgIpc) is 2.15. The van der Waals surface area contributed by atoms with Crippen molar-refractivity contribution in [3.05, 3.63) is 30.6 Å². The highest BCUT2D eigenvalue weighted by Gasteiger charge is 2.39. The number of hydrogen-bond donors (Lipinski definition) is 1. The normalized spacial score (nSPS) is 15.1. The van der Waals surface area contributed by atoms with E-state index < -0.39 is 11.3 Å². The van der Waals surface area contributed by atoms with Gasteiger partial charge in [0.1, 0.15) is 5.60 Å². The third-order valence-electron chi connectivity index (χ3n) is 2.45. The largest absolute Gasteiger partial charge is 0.459 e. The first-order valence-corrected chi connectivity index (χ1v) is 5.62. The first-order valence-electron chi connectivity index (χ1n) is 5.62. The Balaban J connectivity index is 2.83. The minimum Gasteiger partial charge on any atom is -0.459 e. The second kappa shape index (κ2) is 4.84. The molecule has 4 heteroatoms. The molecule has 17 heavy (non-hydrogen) atoms. The van der Waals surface area contributed by atoms with Crippen molar-refractivity contribution in [3.63, 3.8) is 0 Å². The lowest BCUT2D eigenvalue weighted by Gasteiger charge is -2.29. The number of esters is 1. The lowest BCUT2D eigenvalue weighted by molar-refractivity contribution is -0.805. The van der Waals surface area contributed by atoms with Crippen molar-refractivity contribution in [1.29, 1.82) is 0 Å². The maximum atomic E-state index is 11.0. The van der Waals surface area contributed by atoms with E-state index in [2.05, 4.69) is 0 Å². The SMILES string of the molecule is CC(=O)OC(C)(C)CC(C)(O)[n+]1ccccc1. The van der Waals surface area contributed by atoms with E-state index in [1.165, 1.54) is 6.92 Å². The molecule has 0 radical (unpaired) electrons. The van der Waals surface area contributed by atoms with Crippen LogP contribution in [0.2, 0.25) is 0 Å². The van der Waals surface area contributed by atoms with Crippen molar-refractivity contribution in [2.24, 2.45) is 0 Å². The monoisotopic (exact) mass is 238 g/mol. The number of hydrogen-bond acceptors (Lipinski definition) is 3. The van der Waals surface area contributed by atoms with Gasteiger partial charge in [-0.25, -0.2) is 0 Å². The minimum atomic E-state index is -1.10. The Morgan fingerprint density at radius 1 is 1.24 bits per heavy atom. The fourth-order valence-corrected chi connectivity index (χ4v) is 2.04. The smallest absolute Gasteiger partial charge is 0.303 e. The summed E-state index contributed by atoms with van der Waals surface area (Å²) in [4.78, 5) is 11.0. The quantitative estimate of drug-likeness (QED) is 0.636. The number of pyridine rings is 1. The molecule has 1 unspecified atom stereocenters. The lowest BCUT2D eigenvalue weighted by Crippen LogP contribution is -2.57. The van der Waals surface area contributed by atoms with E-state index >= 15 is 0 Å². The van der Waals surface area contributed by atoms with Gasteiger partial charge < -0.3 is 9.84 Å². The van der Waals surface area contributed by atoms with Crippen LogP contribution in [0.3, 0.4) is 0 Å². The molecular formula is C13H20NO3+. The van der Waals surface area contributed by atoms with E-state index in [9.17, 15) is 9.90 Å². The molecule has 0 saturated heterocycles. The van der Waals surface area contributed by atoms with Gasteiger partial charge in [0.05, 0.1) is 6.42 Å². The molecule has 0 amide bonds. The highest BCUT2D eigenvalue weighted by Crippen LogP contribution is 2.23. The maximum Gasteiger partial charge on any atom is 0.303 e. The van der Waals surface area contributed by atoms with Crippen LogP contribution < -0.4 is 4.57 Å². The summed E-state index contributed by atoms with van der Waals surface area (Å²) in [5, 5.41) is 10.4. The first-order chi connectivity index (χ1) is 7.73. The molecule has 0 saturated carbocycles. The molecule has 1 aromatic heterocycles. The van der Waals surface area contributed by atoms with Crippen LogP contribution >= 0.6 is 0 Å². The van der Waals surface area contributed by atoms with E-state index in [1.807, 2.05) is 18.2 Å². The Bertz CT molecular complexity index is 385. The van der Waals surface area contributed by atoms with Crippen LogP contribution in [0.5, 0.6) is 0 Å². The summed E-state index contributed by atoms with van der Waals surface area (Å²) in [6.45, 7) is 6.63. The Hall–Kier alpha value is -1.42. The summed E-state index contributed by atoms with van der Waals surface area (Å²) in [5.74, 6) is -0.344. The van der Waals surface area contributed by atoms with Gasteiger partial charge in [-0.2, -0.15) is 4.57 Å². The van der Waals surface area contributed by atoms with Crippen LogP contribution in [-0.4, -0.2) is 16.7 Å². The van der Waals surface area contributed by atoms with Crippen molar-refractivity contribution in [1.82, 2.24) is 0 Å². The summed E-state index contributed by atoms with van der Waals surface area (Å²) in [7, 11) is 0. The second-order valence-corrected chi connectivity index (χ2v) is 5.03. The molecule has 1 atom stereocenters. The van der Waals surface area contributed by atoms with Crippen molar-refractivity contribution < 1.29 is 19.2 Å². The zero-order valence-electron chi connectivity index (χ0n) is 10.8. The van der Waals surface area contributed by atoms with Crippen molar-refractivity contribution in [2.45, 2.75) is 45.4 Å². The van der Waals surface area contributed by atoms with Crippen LogP contribution in [0.15, 0.2) is 30.6 Å². The number of carbonyl (C=O) groups excluding carboxylic acids is 1. The molecule has 0 spiro atoms. The van der Waals surface area contributed by atoms with E-state index in [0.717, 1.165) is 0 Å². The zero-order valence-corrected chi connectivity index (χ0v) is 10.8. The average molecular weight is 238 g/mol. The molecule has 0 fully saturated rings. The van der Waals surface area contributed by atoms with Crippen molar-refractivity contribution in [3.8, 4) is 0 Å². The van der Waals surface area contributed by atoms with Crippen LogP contribution in [0.25, 0.3) is 0 Å². The van der Waals surface area contributed by atoms with Gasteiger partial charge >= 0.3 is 5.97 Å². The van der Waals surface area contributed by atoms with Crippen LogP contribution in [0, 0.1) is 0 Å². The highest BCUT2D eigenvalue weighted by atomic mass is 16.6. The van der Waals surface area contributed by atoms with Gasteiger partial charge in [-0.15, -0.1) is 0 Å². The Morgan fingerprint density at radius 2 is 1.76 bits per heavy atom. The molecule has 0 aliphatic heterocycles. The molecule has 0 aliphatic rings. The van der Waals surface area contributed by atoms with Crippen LogP contribution in [-0.2, 0) is 15.3 Å². The van der Waals surface area contributed by atoms with Gasteiger partial charge in [0, 0.05) is 26.0 Å². The van der Waals surface area contributed by atoms with E-state index in [1.54, 1.807) is 37.7 Å². The second-order valence-electron chi connectivity index (χ2n) is 5.03. The molecule has 0 aromatic carbocycles. The van der Waals surface area contributed by atoms with Gasteiger partial charge in [0.2, 0.25) is 0 Å². The third-order valence-corrected chi connectivity index (χ3v) is 2.45.